The Morgan fingerprint density at radius 2 is 2.25 bits per heavy atom. The molecule has 0 aliphatic heterocycles. The van der Waals surface area contributed by atoms with Crippen molar-refractivity contribution in [2.24, 2.45) is 0 Å². The van der Waals surface area contributed by atoms with E-state index in [9.17, 15) is 0 Å². The van der Waals surface area contributed by atoms with E-state index in [4.69, 9.17) is 4.74 Å². The van der Waals surface area contributed by atoms with Crippen molar-refractivity contribution in [3.63, 3.8) is 0 Å². The Morgan fingerprint density at radius 1 is 1.38 bits per heavy atom. The lowest BCUT2D eigenvalue weighted by Gasteiger charge is -2.12. The van der Waals surface area contributed by atoms with E-state index in [-0.39, 0.29) is 0 Å². The molecular weight excluding hydrogens is 216 g/mol. The molecule has 0 saturated heterocycles. The average Bonchev–Trinajstić information content (AvgIpc) is 2.74. The maximum Gasteiger partial charge on any atom is 0.0713 e. The molecule has 16 heavy (non-hydrogen) atoms. The van der Waals surface area contributed by atoms with Crippen LogP contribution in [0.25, 0.3) is 5.57 Å². The predicted octanol–water partition coefficient (Wildman–Crippen LogP) is 4.20. The van der Waals surface area contributed by atoms with Crippen LogP contribution in [-0.2, 0) is 4.74 Å². The standard InChI is InChI=1S/C14H18OS/c1-3-15-10-12-5-4-6-13(9-12)14-8-7-11(2)16-14/h5,7-9H,3-4,6,10H2,1-2H3. The molecule has 2 heteroatoms. The van der Waals surface area contributed by atoms with Crippen molar-refractivity contribution in [3.05, 3.63) is 39.6 Å². The SMILES string of the molecule is CCOCC1=CCCC(c2ccc(C)s2)=C1. The molecule has 86 valence electrons. The molecule has 0 N–H and O–H groups in total. The summed E-state index contributed by atoms with van der Waals surface area (Å²) >= 11 is 1.88. The van der Waals surface area contributed by atoms with Gasteiger partial charge in [0.05, 0.1) is 6.61 Å². The van der Waals surface area contributed by atoms with E-state index in [0.717, 1.165) is 26.1 Å². The van der Waals surface area contributed by atoms with Crippen molar-refractivity contribution in [2.75, 3.05) is 13.2 Å². The Labute approximate surface area is 101 Å². The van der Waals surface area contributed by atoms with Gasteiger partial charge in [-0.1, -0.05) is 12.2 Å². The molecule has 0 spiro atoms. The van der Waals surface area contributed by atoms with Crippen molar-refractivity contribution >= 4 is 16.9 Å². The van der Waals surface area contributed by atoms with Gasteiger partial charge in [0.15, 0.2) is 0 Å². The molecule has 0 aromatic carbocycles. The Balaban J connectivity index is 2.11. The van der Waals surface area contributed by atoms with E-state index in [1.807, 2.05) is 18.3 Å². The molecule has 1 aliphatic carbocycles. The lowest BCUT2D eigenvalue weighted by atomic mass is 9.99. The number of allylic oxidation sites excluding steroid dienone is 2. The van der Waals surface area contributed by atoms with E-state index in [1.54, 1.807) is 0 Å². The summed E-state index contributed by atoms with van der Waals surface area (Å²) in [5, 5.41) is 0. The summed E-state index contributed by atoms with van der Waals surface area (Å²) in [5.41, 5.74) is 2.80. The first-order valence-corrected chi connectivity index (χ1v) is 6.65. The van der Waals surface area contributed by atoms with Crippen LogP contribution >= 0.6 is 11.3 Å². The van der Waals surface area contributed by atoms with Crippen molar-refractivity contribution in [3.8, 4) is 0 Å². The van der Waals surface area contributed by atoms with Crippen LogP contribution in [0.5, 0.6) is 0 Å². The Hall–Kier alpha value is -0.860. The zero-order valence-electron chi connectivity index (χ0n) is 9.95. The Morgan fingerprint density at radius 3 is 2.94 bits per heavy atom. The second kappa shape index (κ2) is 5.46. The van der Waals surface area contributed by atoms with Gasteiger partial charge in [-0.2, -0.15) is 0 Å². The minimum Gasteiger partial charge on any atom is -0.377 e. The third-order valence-electron chi connectivity index (χ3n) is 2.71. The first-order chi connectivity index (χ1) is 7.79. The fourth-order valence-electron chi connectivity index (χ4n) is 1.89. The van der Waals surface area contributed by atoms with Gasteiger partial charge in [-0.25, -0.2) is 0 Å². The van der Waals surface area contributed by atoms with Gasteiger partial charge in [-0.15, -0.1) is 11.3 Å². The third-order valence-corrected chi connectivity index (χ3v) is 3.79. The molecule has 0 unspecified atom stereocenters. The van der Waals surface area contributed by atoms with Crippen molar-refractivity contribution in [2.45, 2.75) is 26.7 Å². The predicted molar refractivity (Wildman–Crippen MR) is 70.8 cm³/mol. The molecule has 1 nitrogen and oxygen atoms in total. The molecule has 0 fully saturated rings. The number of hydrogen-bond acceptors (Lipinski definition) is 2. The number of hydrogen-bond donors (Lipinski definition) is 0. The molecule has 0 atom stereocenters. The van der Waals surface area contributed by atoms with E-state index in [0.29, 0.717) is 0 Å². The monoisotopic (exact) mass is 234 g/mol. The maximum atomic E-state index is 5.45. The Bertz CT molecular complexity index is 412. The first kappa shape index (κ1) is 11.6. The van der Waals surface area contributed by atoms with E-state index < -0.39 is 0 Å². The van der Waals surface area contributed by atoms with E-state index in [2.05, 4.69) is 31.2 Å². The van der Waals surface area contributed by atoms with Crippen LogP contribution in [-0.4, -0.2) is 13.2 Å². The van der Waals surface area contributed by atoms with Gasteiger partial charge >= 0.3 is 0 Å². The molecule has 0 amide bonds. The molecule has 1 aliphatic rings. The summed E-state index contributed by atoms with van der Waals surface area (Å²) in [6.45, 7) is 5.74. The Kier molecular flexibility index (Phi) is 3.97. The van der Waals surface area contributed by atoms with Gasteiger partial charge in [-0.05, 0) is 50.0 Å². The first-order valence-electron chi connectivity index (χ1n) is 5.83. The second-order valence-electron chi connectivity index (χ2n) is 4.03. The van der Waals surface area contributed by atoms with Crippen LogP contribution in [0.15, 0.2) is 29.9 Å². The molecule has 1 aromatic rings. The van der Waals surface area contributed by atoms with Crippen LogP contribution < -0.4 is 0 Å². The minimum atomic E-state index is 0.754. The second-order valence-corrected chi connectivity index (χ2v) is 5.32. The summed E-state index contributed by atoms with van der Waals surface area (Å²) in [5.74, 6) is 0. The summed E-state index contributed by atoms with van der Waals surface area (Å²) < 4.78 is 5.45. The molecule has 1 heterocycles. The van der Waals surface area contributed by atoms with Gasteiger partial charge < -0.3 is 4.74 Å². The fourth-order valence-corrected chi connectivity index (χ4v) is 2.80. The van der Waals surface area contributed by atoms with Gasteiger partial charge in [0.25, 0.3) is 0 Å². The zero-order chi connectivity index (χ0) is 11.4. The van der Waals surface area contributed by atoms with Gasteiger partial charge in [0, 0.05) is 16.4 Å². The highest BCUT2D eigenvalue weighted by Crippen LogP contribution is 2.31. The molecule has 1 aromatic heterocycles. The fraction of sp³-hybridized carbons (Fsp3) is 0.429. The van der Waals surface area contributed by atoms with Crippen LogP contribution in [0.4, 0.5) is 0 Å². The quantitative estimate of drug-likeness (QED) is 0.758. The molecular formula is C14H18OS. The molecule has 0 radical (unpaired) electrons. The minimum absolute atomic E-state index is 0.754. The smallest absolute Gasteiger partial charge is 0.0713 e. The third kappa shape index (κ3) is 2.83. The largest absolute Gasteiger partial charge is 0.377 e. The molecule has 0 bridgehead atoms. The lowest BCUT2D eigenvalue weighted by molar-refractivity contribution is 0.172. The number of ether oxygens (including phenoxy) is 1. The highest BCUT2D eigenvalue weighted by Gasteiger charge is 2.09. The number of thiophene rings is 1. The molecule has 2 rings (SSSR count). The summed E-state index contributed by atoms with van der Waals surface area (Å²) in [4.78, 5) is 2.80. The summed E-state index contributed by atoms with van der Waals surface area (Å²) in [6.07, 6.45) is 6.89. The van der Waals surface area contributed by atoms with Crippen molar-refractivity contribution in [1.29, 1.82) is 0 Å². The van der Waals surface area contributed by atoms with Crippen molar-refractivity contribution < 1.29 is 4.74 Å². The van der Waals surface area contributed by atoms with Gasteiger partial charge in [0.2, 0.25) is 0 Å². The number of aryl methyl sites for hydroxylation is 1. The van der Waals surface area contributed by atoms with Crippen LogP contribution in [0.2, 0.25) is 0 Å². The van der Waals surface area contributed by atoms with E-state index in [1.165, 1.54) is 20.9 Å². The van der Waals surface area contributed by atoms with Gasteiger partial charge in [0.1, 0.15) is 0 Å². The van der Waals surface area contributed by atoms with Crippen LogP contribution in [0.3, 0.4) is 0 Å². The highest BCUT2D eigenvalue weighted by atomic mass is 32.1. The van der Waals surface area contributed by atoms with Crippen LogP contribution in [0, 0.1) is 6.92 Å². The normalized spacial score (nSPS) is 15.9. The molecule has 0 saturated carbocycles. The van der Waals surface area contributed by atoms with E-state index >= 15 is 0 Å². The summed E-state index contributed by atoms with van der Waals surface area (Å²) in [7, 11) is 0. The average molecular weight is 234 g/mol. The summed E-state index contributed by atoms with van der Waals surface area (Å²) in [6, 6.07) is 4.43. The maximum absolute atomic E-state index is 5.45. The lowest BCUT2D eigenvalue weighted by Crippen LogP contribution is -1.99. The van der Waals surface area contributed by atoms with Gasteiger partial charge in [-0.3, -0.25) is 0 Å². The zero-order valence-corrected chi connectivity index (χ0v) is 10.8. The topological polar surface area (TPSA) is 9.23 Å². The number of rotatable bonds is 4. The van der Waals surface area contributed by atoms with Crippen molar-refractivity contribution in [1.82, 2.24) is 0 Å². The highest BCUT2D eigenvalue weighted by molar-refractivity contribution is 7.13. The van der Waals surface area contributed by atoms with Crippen LogP contribution in [0.1, 0.15) is 29.5 Å².